The monoisotopic (exact) mass is 284 g/mol. The Morgan fingerprint density at radius 1 is 1.00 bits per heavy atom. The zero-order valence-corrected chi connectivity index (χ0v) is 11.0. The predicted molar refractivity (Wildman–Crippen MR) is 76.9 cm³/mol. The Labute approximate surface area is 119 Å². The van der Waals surface area contributed by atoms with E-state index in [9.17, 15) is 4.79 Å². The zero-order chi connectivity index (χ0) is 14.1. The lowest BCUT2D eigenvalue weighted by Gasteiger charge is -2.07. The van der Waals surface area contributed by atoms with E-state index in [-0.39, 0.29) is 5.82 Å². The number of nitrogens with zero attached hydrogens (tertiary/aromatic N) is 2. The van der Waals surface area contributed by atoms with Crippen molar-refractivity contribution < 1.29 is 9.90 Å². The number of rotatable bonds is 2. The quantitative estimate of drug-likeness (QED) is 0.780. The third kappa shape index (κ3) is 2.21. The van der Waals surface area contributed by atoms with Gasteiger partial charge in [0.15, 0.2) is 0 Å². The standard InChI is InChI=1S/C15H9ClN2O2/c16-10-7-5-9(6-8-10)13-11-3-1-2-4-12(11)17-14(18-13)15(19)20/h1-8H,(H,19,20). The van der Waals surface area contributed by atoms with Gasteiger partial charge in [-0.2, -0.15) is 0 Å². The smallest absolute Gasteiger partial charge is 0.373 e. The van der Waals surface area contributed by atoms with Gasteiger partial charge >= 0.3 is 5.97 Å². The molecule has 0 aliphatic rings. The van der Waals surface area contributed by atoms with E-state index in [1.165, 1.54) is 0 Å². The summed E-state index contributed by atoms with van der Waals surface area (Å²) in [6.45, 7) is 0. The van der Waals surface area contributed by atoms with Gasteiger partial charge in [0.05, 0.1) is 11.2 Å². The summed E-state index contributed by atoms with van der Waals surface area (Å²) in [5.74, 6) is -1.36. The van der Waals surface area contributed by atoms with Crippen LogP contribution in [0.25, 0.3) is 22.2 Å². The van der Waals surface area contributed by atoms with Gasteiger partial charge in [0.1, 0.15) is 0 Å². The van der Waals surface area contributed by atoms with E-state index >= 15 is 0 Å². The number of benzene rings is 2. The minimum atomic E-state index is -1.15. The summed E-state index contributed by atoms with van der Waals surface area (Å²) in [5.41, 5.74) is 1.99. The number of aromatic carboxylic acids is 1. The highest BCUT2D eigenvalue weighted by molar-refractivity contribution is 6.30. The lowest BCUT2D eigenvalue weighted by atomic mass is 10.1. The van der Waals surface area contributed by atoms with Crippen molar-refractivity contribution in [2.45, 2.75) is 0 Å². The van der Waals surface area contributed by atoms with Crippen LogP contribution in [0.4, 0.5) is 0 Å². The molecule has 0 radical (unpaired) electrons. The van der Waals surface area contributed by atoms with E-state index in [0.29, 0.717) is 16.2 Å². The van der Waals surface area contributed by atoms with Crippen LogP contribution in [0.3, 0.4) is 0 Å². The molecule has 98 valence electrons. The summed E-state index contributed by atoms with van der Waals surface area (Å²) in [6.07, 6.45) is 0. The Balaban J connectivity index is 2.32. The van der Waals surface area contributed by atoms with Crippen molar-refractivity contribution in [3.05, 3.63) is 59.4 Å². The molecule has 0 saturated heterocycles. The highest BCUT2D eigenvalue weighted by Gasteiger charge is 2.13. The molecular formula is C15H9ClN2O2. The van der Waals surface area contributed by atoms with Crippen molar-refractivity contribution >= 4 is 28.5 Å². The Bertz CT molecular complexity index is 801. The predicted octanol–water partition coefficient (Wildman–Crippen LogP) is 3.65. The van der Waals surface area contributed by atoms with Crippen LogP contribution in [0, 0.1) is 0 Å². The third-order valence-corrected chi connectivity index (χ3v) is 3.16. The van der Waals surface area contributed by atoms with Crippen molar-refractivity contribution in [2.24, 2.45) is 0 Å². The Kier molecular flexibility index (Phi) is 3.08. The number of carboxylic acid groups (broad SMARTS) is 1. The lowest BCUT2D eigenvalue weighted by Crippen LogP contribution is -2.05. The molecule has 5 heteroatoms. The average molecular weight is 285 g/mol. The molecular weight excluding hydrogens is 276 g/mol. The normalized spacial score (nSPS) is 10.7. The zero-order valence-electron chi connectivity index (χ0n) is 10.2. The number of aromatic nitrogens is 2. The van der Waals surface area contributed by atoms with Gasteiger partial charge in [0.25, 0.3) is 0 Å². The van der Waals surface area contributed by atoms with Crippen molar-refractivity contribution in [2.75, 3.05) is 0 Å². The summed E-state index contributed by atoms with van der Waals surface area (Å²) in [6, 6.07) is 14.4. The molecule has 0 spiro atoms. The summed E-state index contributed by atoms with van der Waals surface area (Å²) in [5, 5.41) is 10.5. The molecule has 0 saturated carbocycles. The van der Waals surface area contributed by atoms with Gasteiger partial charge in [0.2, 0.25) is 5.82 Å². The molecule has 20 heavy (non-hydrogen) atoms. The minimum Gasteiger partial charge on any atom is -0.475 e. The number of carboxylic acids is 1. The van der Waals surface area contributed by atoms with Crippen LogP contribution >= 0.6 is 11.6 Å². The van der Waals surface area contributed by atoms with Crippen molar-refractivity contribution in [1.29, 1.82) is 0 Å². The van der Waals surface area contributed by atoms with Gasteiger partial charge in [0, 0.05) is 16.0 Å². The third-order valence-electron chi connectivity index (χ3n) is 2.91. The SMILES string of the molecule is O=C(O)c1nc(-c2ccc(Cl)cc2)c2ccccc2n1. The van der Waals surface area contributed by atoms with E-state index in [1.54, 1.807) is 18.2 Å². The first-order valence-electron chi connectivity index (χ1n) is 5.91. The van der Waals surface area contributed by atoms with Gasteiger partial charge in [-0.3, -0.25) is 0 Å². The van der Waals surface area contributed by atoms with Gasteiger partial charge in [-0.25, -0.2) is 14.8 Å². The van der Waals surface area contributed by atoms with Crippen LogP contribution in [0.15, 0.2) is 48.5 Å². The maximum atomic E-state index is 11.1. The van der Waals surface area contributed by atoms with Crippen LogP contribution in [0.5, 0.6) is 0 Å². The van der Waals surface area contributed by atoms with Crippen molar-refractivity contribution in [3.8, 4) is 11.3 Å². The lowest BCUT2D eigenvalue weighted by molar-refractivity contribution is 0.0684. The maximum Gasteiger partial charge on any atom is 0.373 e. The second-order valence-corrected chi connectivity index (χ2v) is 4.66. The molecule has 3 rings (SSSR count). The van der Waals surface area contributed by atoms with Gasteiger partial charge < -0.3 is 5.11 Å². The fourth-order valence-electron chi connectivity index (χ4n) is 2.00. The molecule has 3 aromatic rings. The topological polar surface area (TPSA) is 63.1 Å². The van der Waals surface area contributed by atoms with Crippen molar-refractivity contribution in [3.63, 3.8) is 0 Å². The first-order chi connectivity index (χ1) is 9.65. The van der Waals surface area contributed by atoms with Crippen LogP contribution in [0.2, 0.25) is 5.02 Å². The molecule has 0 bridgehead atoms. The minimum absolute atomic E-state index is 0.214. The summed E-state index contributed by atoms with van der Waals surface area (Å²) in [7, 11) is 0. The number of halogens is 1. The molecule has 0 aliphatic carbocycles. The molecule has 1 N–H and O–H groups in total. The fraction of sp³-hybridized carbons (Fsp3) is 0. The summed E-state index contributed by atoms with van der Waals surface area (Å²) < 4.78 is 0. The van der Waals surface area contributed by atoms with E-state index in [1.807, 2.05) is 30.3 Å². The largest absolute Gasteiger partial charge is 0.475 e. The van der Waals surface area contributed by atoms with E-state index in [2.05, 4.69) is 9.97 Å². The first-order valence-corrected chi connectivity index (χ1v) is 6.29. The number of fused-ring (bicyclic) bond motifs is 1. The Morgan fingerprint density at radius 2 is 1.70 bits per heavy atom. The summed E-state index contributed by atoms with van der Waals surface area (Å²) >= 11 is 5.87. The first kappa shape index (κ1) is 12.6. The number of hydrogen-bond donors (Lipinski definition) is 1. The van der Waals surface area contributed by atoms with Gasteiger partial charge in [-0.05, 0) is 18.2 Å². The van der Waals surface area contributed by atoms with Gasteiger partial charge in [-0.1, -0.05) is 41.9 Å². The molecule has 0 atom stereocenters. The Hall–Kier alpha value is -2.46. The molecule has 4 nitrogen and oxygen atoms in total. The van der Waals surface area contributed by atoms with E-state index in [0.717, 1.165) is 10.9 Å². The maximum absolute atomic E-state index is 11.1. The number of hydrogen-bond acceptors (Lipinski definition) is 3. The highest BCUT2D eigenvalue weighted by Crippen LogP contribution is 2.27. The highest BCUT2D eigenvalue weighted by atomic mass is 35.5. The molecule has 0 unspecified atom stereocenters. The molecule has 1 aromatic heterocycles. The van der Waals surface area contributed by atoms with Crippen LogP contribution in [-0.4, -0.2) is 21.0 Å². The van der Waals surface area contributed by atoms with E-state index < -0.39 is 5.97 Å². The second-order valence-electron chi connectivity index (χ2n) is 4.23. The molecule has 0 amide bonds. The van der Waals surface area contributed by atoms with Crippen LogP contribution < -0.4 is 0 Å². The van der Waals surface area contributed by atoms with Crippen molar-refractivity contribution in [1.82, 2.24) is 9.97 Å². The van der Waals surface area contributed by atoms with Gasteiger partial charge in [-0.15, -0.1) is 0 Å². The molecule has 0 fully saturated rings. The van der Waals surface area contributed by atoms with Crippen LogP contribution in [0.1, 0.15) is 10.6 Å². The molecule has 0 aliphatic heterocycles. The fourth-order valence-corrected chi connectivity index (χ4v) is 2.13. The molecule has 2 aromatic carbocycles. The van der Waals surface area contributed by atoms with Crippen LogP contribution in [-0.2, 0) is 0 Å². The van der Waals surface area contributed by atoms with E-state index in [4.69, 9.17) is 16.7 Å². The Morgan fingerprint density at radius 3 is 2.40 bits per heavy atom. The molecule has 1 heterocycles. The average Bonchev–Trinajstić information content (AvgIpc) is 2.47. The number of carbonyl (C=O) groups is 1. The summed E-state index contributed by atoms with van der Waals surface area (Å²) in [4.78, 5) is 19.3. The second kappa shape index (κ2) is 4.90. The number of para-hydroxylation sites is 1.